The van der Waals surface area contributed by atoms with E-state index in [2.05, 4.69) is 17.1 Å². The van der Waals surface area contributed by atoms with Crippen molar-refractivity contribution in [2.75, 3.05) is 39.5 Å². The second-order valence-corrected chi connectivity index (χ2v) is 6.03. The monoisotopic (exact) mass is 319 g/mol. The lowest BCUT2D eigenvalue weighted by Gasteiger charge is -2.22. The van der Waals surface area contributed by atoms with E-state index in [1.54, 1.807) is 0 Å². The van der Waals surface area contributed by atoms with Crippen molar-refractivity contribution in [2.24, 2.45) is 0 Å². The molecule has 0 aromatic heterocycles. The van der Waals surface area contributed by atoms with Gasteiger partial charge in [0.1, 0.15) is 0 Å². The molecular weight excluding hydrogens is 294 g/mol. The van der Waals surface area contributed by atoms with Crippen molar-refractivity contribution in [2.45, 2.75) is 26.3 Å². The average molecular weight is 319 g/mol. The van der Waals surface area contributed by atoms with Crippen LogP contribution >= 0.6 is 0 Å². The highest BCUT2D eigenvalue weighted by molar-refractivity contribution is 5.74. The first-order chi connectivity index (χ1) is 11.3. The van der Waals surface area contributed by atoms with Crippen LogP contribution in [0.4, 0.5) is 4.79 Å². The number of hydrogen-bond acceptors (Lipinski definition) is 4. The molecule has 126 valence electrons. The largest absolute Gasteiger partial charge is 0.454 e. The highest BCUT2D eigenvalue weighted by Crippen LogP contribution is 2.32. The number of benzene rings is 1. The van der Waals surface area contributed by atoms with E-state index in [0.717, 1.165) is 62.6 Å². The molecule has 1 aromatic rings. The lowest BCUT2D eigenvalue weighted by atomic mass is 10.2. The van der Waals surface area contributed by atoms with E-state index in [-0.39, 0.29) is 12.8 Å². The third-order valence-corrected chi connectivity index (χ3v) is 4.30. The van der Waals surface area contributed by atoms with Gasteiger partial charge in [0.15, 0.2) is 11.5 Å². The summed E-state index contributed by atoms with van der Waals surface area (Å²) >= 11 is 0. The number of nitrogens with one attached hydrogen (secondary N) is 1. The van der Waals surface area contributed by atoms with Gasteiger partial charge in [-0.25, -0.2) is 4.79 Å². The van der Waals surface area contributed by atoms with Crippen LogP contribution in [0.1, 0.15) is 25.3 Å². The molecule has 0 spiro atoms. The summed E-state index contributed by atoms with van der Waals surface area (Å²) in [6.07, 6.45) is 2.20. The summed E-state index contributed by atoms with van der Waals surface area (Å²) in [5, 5.41) is 3.01. The van der Waals surface area contributed by atoms with Crippen LogP contribution < -0.4 is 14.8 Å². The van der Waals surface area contributed by atoms with Crippen LogP contribution in [0.5, 0.6) is 11.5 Å². The van der Waals surface area contributed by atoms with E-state index in [9.17, 15) is 4.79 Å². The molecule has 2 aliphatic heterocycles. The van der Waals surface area contributed by atoms with E-state index in [1.165, 1.54) is 0 Å². The van der Waals surface area contributed by atoms with E-state index in [1.807, 2.05) is 23.1 Å². The second kappa shape index (κ2) is 7.55. The van der Waals surface area contributed by atoms with Crippen molar-refractivity contribution in [1.82, 2.24) is 15.1 Å². The minimum absolute atomic E-state index is 0.0148. The maximum Gasteiger partial charge on any atom is 0.317 e. The highest BCUT2D eigenvalue weighted by Gasteiger charge is 2.19. The fraction of sp³-hybridized carbons (Fsp3) is 0.588. The summed E-state index contributed by atoms with van der Waals surface area (Å²) in [6, 6.07) is 5.78. The lowest BCUT2D eigenvalue weighted by molar-refractivity contribution is 0.174. The van der Waals surface area contributed by atoms with Crippen LogP contribution in [0.2, 0.25) is 0 Å². The molecule has 3 rings (SSSR count). The zero-order valence-electron chi connectivity index (χ0n) is 13.7. The maximum atomic E-state index is 12.4. The number of urea groups is 1. The lowest BCUT2D eigenvalue weighted by Crippen LogP contribution is -2.41. The molecule has 0 radical (unpaired) electrons. The van der Waals surface area contributed by atoms with Crippen LogP contribution in [0.25, 0.3) is 0 Å². The van der Waals surface area contributed by atoms with Crippen LogP contribution in [-0.4, -0.2) is 55.3 Å². The van der Waals surface area contributed by atoms with E-state index >= 15 is 0 Å². The Labute approximate surface area is 137 Å². The van der Waals surface area contributed by atoms with Gasteiger partial charge < -0.3 is 24.6 Å². The fourth-order valence-electron chi connectivity index (χ4n) is 3.05. The Kier molecular flexibility index (Phi) is 5.23. The average Bonchev–Trinajstić information content (AvgIpc) is 2.90. The molecule has 6 heteroatoms. The quantitative estimate of drug-likeness (QED) is 0.923. The summed E-state index contributed by atoms with van der Waals surface area (Å²) in [5.41, 5.74) is 1.02. The normalized spacial score (nSPS) is 17.9. The molecule has 0 unspecified atom stereocenters. The minimum atomic E-state index is 0.0148. The molecule has 0 saturated carbocycles. The molecule has 2 heterocycles. The van der Waals surface area contributed by atoms with E-state index in [0.29, 0.717) is 6.54 Å². The molecule has 23 heavy (non-hydrogen) atoms. The van der Waals surface area contributed by atoms with Crippen molar-refractivity contribution in [3.63, 3.8) is 0 Å². The van der Waals surface area contributed by atoms with Crippen molar-refractivity contribution >= 4 is 6.03 Å². The number of ether oxygens (including phenoxy) is 2. The molecule has 1 aromatic carbocycles. The summed E-state index contributed by atoms with van der Waals surface area (Å²) in [4.78, 5) is 16.7. The Morgan fingerprint density at radius 2 is 2.04 bits per heavy atom. The summed E-state index contributed by atoms with van der Waals surface area (Å²) in [6.45, 7) is 7.76. The van der Waals surface area contributed by atoms with Gasteiger partial charge in [-0.05, 0) is 43.6 Å². The molecule has 1 fully saturated rings. The predicted octanol–water partition coefficient (Wildman–Crippen LogP) is 2.04. The van der Waals surface area contributed by atoms with Gasteiger partial charge in [0.2, 0.25) is 6.79 Å². The number of carbonyl (C=O) groups is 1. The van der Waals surface area contributed by atoms with Crippen molar-refractivity contribution < 1.29 is 14.3 Å². The van der Waals surface area contributed by atoms with Gasteiger partial charge in [-0.2, -0.15) is 0 Å². The predicted molar refractivity (Wildman–Crippen MR) is 87.7 cm³/mol. The number of carbonyl (C=O) groups excluding carboxylic acids is 1. The van der Waals surface area contributed by atoms with Gasteiger partial charge in [0, 0.05) is 26.2 Å². The zero-order valence-corrected chi connectivity index (χ0v) is 13.7. The van der Waals surface area contributed by atoms with Gasteiger partial charge in [-0.3, -0.25) is 0 Å². The highest BCUT2D eigenvalue weighted by atomic mass is 16.7. The standard InChI is InChI=1S/C17H25N3O3/c1-2-6-19-7-3-8-20(10-9-19)17(21)18-12-14-4-5-15-16(11-14)23-13-22-15/h4-5,11H,2-3,6-10,12-13H2,1H3,(H,18,21). The van der Waals surface area contributed by atoms with E-state index in [4.69, 9.17) is 9.47 Å². The summed E-state index contributed by atoms with van der Waals surface area (Å²) < 4.78 is 10.7. The Bertz CT molecular complexity index is 550. The molecule has 0 bridgehead atoms. The third-order valence-electron chi connectivity index (χ3n) is 4.30. The zero-order chi connectivity index (χ0) is 16.1. The van der Waals surface area contributed by atoms with Gasteiger partial charge >= 0.3 is 6.03 Å². The Balaban J connectivity index is 1.49. The molecule has 6 nitrogen and oxygen atoms in total. The van der Waals surface area contributed by atoms with Crippen LogP contribution in [0.3, 0.4) is 0 Å². The van der Waals surface area contributed by atoms with E-state index < -0.39 is 0 Å². The van der Waals surface area contributed by atoms with Crippen LogP contribution in [0.15, 0.2) is 18.2 Å². The number of rotatable bonds is 4. The number of nitrogens with zero attached hydrogens (tertiary/aromatic N) is 2. The van der Waals surface area contributed by atoms with Crippen LogP contribution in [0, 0.1) is 0 Å². The van der Waals surface area contributed by atoms with Gasteiger partial charge in [0.25, 0.3) is 0 Å². The van der Waals surface area contributed by atoms with Gasteiger partial charge in [0.05, 0.1) is 0 Å². The smallest absolute Gasteiger partial charge is 0.317 e. The molecule has 2 aliphatic rings. The maximum absolute atomic E-state index is 12.4. The van der Waals surface area contributed by atoms with Crippen LogP contribution in [-0.2, 0) is 6.54 Å². The second-order valence-electron chi connectivity index (χ2n) is 6.03. The number of hydrogen-bond donors (Lipinski definition) is 1. The number of fused-ring (bicyclic) bond motifs is 1. The molecule has 2 amide bonds. The fourth-order valence-corrected chi connectivity index (χ4v) is 3.05. The first-order valence-corrected chi connectivity index (χ1v) is 8.40. The Hall–Kier alpha value is -1.95. The van der Waals surface area contributed by atoms with Crippen molar-refractivity contribution in [3.8, 4) is 11.5 Å². The SMILES string of the molecule is CCCN1CCCN(C(=O)NCc2ccc3c(c2)OCO3)CC1. The van der Waals surface area contributed by atoms with Gasteiger partial charge in [-0.1, -0.05) is 13.0 Å². The number of amides is 2. The summed E-state index contributed by atoms with van der Waals surface area (Å²) in [5.74, 6) is 1.52. The topological polar surface area (TPSA) is 54.0 Å². The molecule has 1 N–H and O–H groups in total. The summed E-state index contributed by atoms with van der Waals surface area (Å²) in [7, 11) is 0. The molecule has 0 aliphatic carbocycles. The van der Waals surface area contributed by atoms with Crippen molar-refractivity contribution in [3.05, 3.63) is 23.8 Å². The first kappa shape index (κ1) is 15.9. The first-order valence-electron chi connectivity index (χ1n) is 8.40. The Morgan fingerprint density at radius 1 is 1.17 bits per heavy atom. The van der Waals surface area contributed by atoms with Gasteiger partial charge in [-0.15, -0.1) is 0 Å². The molecule has 1 saturated heterocycles. The third kappa shape index (κ3) is 4.07. The molecular formula is C17H25N3O3. The molecule has 0 atom stereocenters. The van der Waals surface area contributed by atoms with Crippen molar-refractivity contribution in [1.29, 1.82) is 0 Å². The minimum Gasteiger partial charge on any atom is -0.454 e. The Morgan fingerprint density at radius 3 is 2.91 bits per heavy atom.